The van der Waals surface area contributed by atoms with Crippen LogP contribution in [0.1, 0.15) is 12.1 Å². The topological polar surface area (TPSA) is 119 Å². The summed E-state index contributed by atoms with van der Waals surface area (Å²) in [5.41, 5.74) is 0.718. The number of β-amino-alcohol motifs (C(OH)–C–C–N with tert-alkyl or cyclic N) is 1. The van der Waals surface area contributed by atoms with E-state index in [0.29, 0.717) is 0 Å². The number of aromatic amines is 1. The molecule has 0 radical (unpaired) electrons. The number of hydrogen-bond acceptors (Lipinski definition) is 4. The third-order valence-electron chi connectivity index (χ3n) is 2.81. The normalized spacial score (nSPS) is 23.1. The maximum absolute atomic E-state index is 11.8. The highest BCUT2D eigenvalue weighted by atomic mass is 16.4. The van der Waals surface area contributed by atoms with Gasteiger partial charge in [0.25, 0.3) is 0 Å². The summed E-state index contributed by atoms with van der Waals surface area (Å²) in [6.45, 7) is 0.267. The van der Waals surface area contributed by atoms with Gasteiger partial charge in [-0.2, -0.15) is 0 Å². The molecule has 4 N–H and O–H groups in total. The van der Waals surface area contributed by atoms with Crippen molar-refractivity contribution in [2.24, 2.45) is 0 Å². The number of nitrogens with one attached hydrogen (secondary N) is 2. The number of carbonyl (C=O) groups is 2. The summed E-state index contributed by atoms with van der Waals surface area (Å²) in [6, 6.07) is -1.48. The van der Waals surface area contributed by atoms with E-state index in [1.807, 2.05) is 0 Å². The molecule has 1 fully saturated rings. The molecule has 8 heteroatoms. The molecule has 0 saturated carbocycles. The van der Waals surface area contributed by atoms with Crippen LogP contribution in [-0.2, 0) is 11.3 Å². The summed E-state index contributed by atoms with van der Waals surface area (Å²) in [6.07, 6.45) is 2.32. The van der Waals surface area contributed by atoms with Crippen molar-refractivity contribution >= 4 is 12.0 Å². The van der Waals surface area contributed by atoms with Crippen LogP contribution >= 0.6 is 0 Å². The zero-order valence-electron chi connectivity index (χ0n) is 9.54. The van der Waals surface area contributed by atoms with Crippen LogP contribution in [0.3, 0.4) is 0 Å². The molecular formula is C10H14N4O4. The van der Waals surface area contributed by atoms with Crippen LogP contribution in [0.15, 0.2) is 12.5 Å². The summed E-state index contributed by atoms with van der Waals surface area (Å²) in [4.78, 5) is 30.5. The first-order valence-electron chi connectivity index (χ1n) is 5.50. The van der Waals surface area contributed by atoms with Crippen molar-refractivity contribution in [3.05, 3.63) is 18.2 Å². The highest BCUT2D eigenvalue weighted by molar-refractivity contribution is 5.83. The molecule has 8 nitrogen and oxygen atoms in total. The number of carbonyl (C=O) groups excluding carboxylic acids is 1. The largest absolute Gasteiger partial charge is 0.480 e. The van der Waals surface area contributed by atoms with Crippen molar-refractivity contribution in [2.45, 2.75) is 25.1 Å². The Bertz CT molecular complexity index is 433. The number of H-pyrrole nitrogens is 1. The number of aliphatic hydroxyl groups is 1. The molecule has 2 rings (SSSR count). The molecule has 1 aromatic heterocycles. The van der Waals surface area contributed by atoms with Gasteiger partial charge in [-0.1, -0.05) is 0 Å². The molecule has 1 aromatic rings. The van der Waals surface area contributed by atoms with Gasteiger partial charge in [0.1, 0.15) is 6.04 Å². The summed E-state index contributed by atoms with van der Waals surface area (Å²) < 4.78 is 0. The number of aromatic nitrogens is 2. The van der Waals surface area contributed by atoms with Gasteiger partial charge in [-0.05, 0) is 0 Å². The number of carboxylic acids is 1. The monoisotopic (exact) mass is 254 g/mol. The van der Waals surface area contributed by atoms with Gasteiger partial charge in [-0.25, -0.2) is 14.6 Å². The maximum Gasteiger partial charge on any atom is 0.326 e. The molecule has 0 aromatic carbocycles. The highest BCUT2D eigenvalue weighted by Gasteiger charge is 2.38. The highest BCUT2D eigenvalue weighted by Crippen LogP contribution is 2.18. The molecule has 1 aliphatic rings. The quantitative estimate of drug-likeness (QED) is 0.559. The number of hydrogen-bond donors (Lipinski definition) is 4. The van der Waals surface area contributed by atoms with Crippen molar-refractivity contribution < 1.29 is 19.8 Å². The smallest absolute Gasteiger partial charge is 0.326 e. The molecule has 0 aliphatic carbocycles. The zero-order chi connectivity index (χ0) is 13.1. The first-order valence-corrected chi connectivity index (χ1v) is 5.50. The standard InChI is InChI=1S/C10H14N4O4/c15-7-1-8(9(16)17)14(4-7)10(18)12-3-6-2-11-5-13-6/h2,5,7-8,15H,1,3-4H2,(H,11,13)(H,12,18)(H,16,17)/t7-,8-/m1/s1. The Morgan fingerprint density at radius 3 is 3.00 bits per heavy atom. The fourth-order valence-electron chi connectivity index (χ4n) is 1.93. The van der Waals surface area contributed by atoms with Crippen LogP contribution < -0.4 is 5.32 Å². The summed E-state index contributed by atoms with van der Waals surface area (Å²) in [5, 5.41) is 20.9. The molecule has 0 unspecified atom stereocenters. The van der Waals surface area contributed by atoms with Crippen molar-refractivity contribution in [1.82, 2.24) is 20.2 Å². The third kappa shape index (κ3) is 2.59. The SMILES string of the molecule is O=C(O)[C@H]1C[C@@H](O)CN1C(=O)NCc1cnc[nH]1. The average molecular weight is 254 g/mol. The Labute approximate surface area is 103 Å². The van der Waals surface area contributed by atoms with Crippen LogP contribution in [0.4, 0.5) is 4.79 Å². The lowest BCUT2D eigenvalue weighted by atomic mass is 10.2. The number of imidazole rings is 1. The molecular weight excluding hydrogens is 240 g/mol. The van der Waals surface area contributed by atoms with Gasteiger partial charge in [0, 0.05) is 19.2 Å². The van der Waals surface area contributed by atoms with E-state index in [1.165, 1.54) is 6.33 Å². The Morgan fingerprint density at radius 2 is 2.39 bits per heavy atom. The first kappa shape index (κ1) is 12.4. The van der Waals surface area contributed by atoms with Crippen molar-refractivity contribution in [3.63, 3.8) is 0 Å². The van der Waals surface area contributed by atoms with E-state index >= 15 is 0 Å². The fourth-order valence-corrected chi connectivity index (χ4v) is 1.93. The minimum Gasteiger partial charge on any atom is -0.480 e. The van der Waals surface area contributed by atoms with Crippen LogP contribution in [0.5, 0.6) is 0 Å². The number of aliphatic carboxylic acids is 1. The van der Waals surface area contributed by atoms with Gasteiger partial charge in [0.2, 0.25) is 0 Å². The van der Waals surface area contributed by atoms with E-state index in [-0.39, 0.29) is 19.5 Å². The number of urea groups is 1. The van der Waals surface area contributed by atoms with Crippen molar-refractivity contribution in [2.75, 3.05) is 6.54 Å². The number of carboxylic acid groups (broad SMARTS) is 1. The Kier molecular flexibility index (Phi) is 3.47. The summed E-state index contributed by atoms with van der Waals surface area (Å²) in [5.74, 6) is -1.11. The van der Waals surface area contributed by atoms with Crippen LogP contribution in [-0.4, -0.2) is 55.8 Å². The second-order valence-corrected chi connectivity index (χ2v) is 4.13. The number of rotatable bonds is 3. The van der Waals surface area contributed by atoms with E-state index in [0.717, 1.165) is 10.6 Å². The lowest BCUT2D eigenvalue weighted by molar-refractivity contribution is -0.141. The van der Waals surface area contributed by atoms with Crippen LogP contribution in [0, 0.1) is 0 Å². The first-order chi connectivity index (χ1) is 8.58. The summed E-state index contributed by atoms with van der Waals surface area (Å²) in [7, 11) is 0. The lowest BCUT2D eigenvalue weighted by Crippen LogP contribution is -2.46. The maximum atomic E-state index is 11.8. The number of aliphatic hydroxyl groups excluding tert-OH is 1. The van der Waals surface area contributed by atoms with Gasteiger partial charge in [-0.3, -0.25) is 0 Å². The van der Waals surface area contributed by atoms with Crippen molar-refractivity contribution in [1.29, 1.82) is 0 Å². The molecule has 98 valence electrons. The Morgan fingerprint density at radius 1 is 1.61 bits per heavy atom. The average Bonchev–Trinajstić information content (AvgIpc) is 2.94. The number of amides is 2. The predicted molar refractivity (Wildman–Crippen MR) is 59.6 cm³/mol. The van der Waals surface area contributed by atoms with Crippen LogP contribution in [0.2, 0.25) is 0 Å². The zero-order valence-corrected chi connectivity index (χ0v) is 9.54. The van der Waals surface area contributed by atoms with E-state index in [9.17, 15) is 14.7 Å². The molecule has 2 heterocycles. The van der Waals surface area contributed by atoms with Gasteiger partial charge in [0.15, 0.2) is 0 Å². The molecule has 1 saturated heterocycles. The summed E-state index contributed by atoms with van der Waals surface area (Å²) >= 11 is 0. The minimum atomic E-state index is -1.11. The molecule has 0 spiro atoms. The van der Waals surface area contributed by atoms with Crippen molar-refractivity contribution in [3.8, 4) is 0 Å². The predicted octanol–water partition coefficient (Wildman–Crippen LogP) is -0.861. The lowest BCUT2D eigenvalue weighted by Gasteiger charge is -2.21. The van der Waals surface area contributed by atoms with Gasteiger partial charge in [-0.15, -0.1) is 0 Å². The Balaban J connectivity index is 1.93. The van der Waals surface area contributed by atoms with Gasteiger partial charge in [0.05, 0.1) is 24.7 Å². The van der Waals surface area contributed by atoms with E-state index in [2.05, 4.69) is 15.3 Å². The molecule has 2 atom stereocenters. The van der Waals surface area contributed by atoms with E-state index < -0.39 is 24.1 Å². The fraction of sp³-hybridized carbons (Fsp3) is 0.500. The van der Waals surface area contributed by atoms with E-state index in [4.69, 9.17) is 5.11 Å². The minimum absolute atomic E-state index is 0.0335. The molecule has 1 aliphatic heterocycles. The second kappa shape index (κ2) is 5.05. The van der Waals surface area contributed by atoms with Crippen LogP contribution in [0.25, 0.3) is 0 Å². The number of nitrogens with zero attached hydrogens (tertiary/aromatic N) is 2. The molecule has 2 amide bonds. The van der Waals surface area contributed by atoms with E-state index in [1.54, 1.807) is 6.20 Å². The third-order valence-corrected chi connectivity index (χ3v) is 2.81. The second-order valence-electron chi connectivity index (χ2n) is 4.13. The molecule has 0 bridgehead atoms. The number of likely N-dealkylation sites (tertiary alicyclic amines) is 1. The van der Waals surface area contributed by atoms with Gasteiger partial charge < -0.3 is 25.4 Å². The molecule has 18 heavy (non-hydrogen) atoms. The Hall–Kier alpha value is -2.09. The van der Waals surface area contributed by atoms with Gasteiger partial charge >= 0.3 is 12.0 Å².